The van der Waals surface area contributed by atoms with Crippen LogP contribution in [0.25, 0.3) is 0 Å². The van der Waals surface area contributed by atoms with E-state index in [9.17, 15) is 8.78 Å². The molecule has 0 fully saturated rings. The van der Waals surface area contributed by atoms with Crippen LogP contribution >= 0.6 is 0 Å². The molecular weight excluding hydrogens is 272 g/mol. The van der Waals surface area contributed by atoms with Crippen LogP contribution in [0.15, 0.2) is 48.5 Å². The molecule has 17 heavy (non-hydrogen) atoms. The molecule has 2 aromatic rings. The smallest absolute Gasteiger partial charge is 0.209 e. The Bertz CT molecular complexity index is 335. The number of rotatable bonds is 0. The minimum absolute atomic E-state index is 0. The molecule has 0 bridgehead atoms. The van der Waals surface area contributed by atoms with Crippen molar-refractivity contribution < 1.29 is 28.3 Å². The van der Waals surface area contributed by atoms with Gasteiger partial charge in [-0.05, 0) is 0 Å². The predicted molar refractivity (Wildman–Crippen MR) is 61.7 cm³/mol. The van der Waals surface area contributed by atoms with Crippen LogP contribution in [0.2, 0.25) is 0 Å². The monoisotopic (exact) mass is 282 g/mol. The average molecular weight is 284 g/mol. The van der Waals surface area contributed by atoms with Crippen LogP contribution in [0.5, 0.6) is 0 Å². The molecule has 0 heterocycles. The fourth-order valence-corrected chi connectivity index (χ4v) is 0.969. The van der Waals surface area contributed by atoms with Crippen LogP contribution in [0, 0.1) is 25.5 Å². The van der Waals surface area contributed by atoms with Gasteiger partial charge in [-0.3, -0.25) is 0 Å². The predicted octanol–water partition coefficient (Wildman–Crippen LogP) is 4.01. The van der Waals surface area contributed by atoms with E-state index >= 15 is 0 Å². The average Bonchev–Trinajstić information content (AvgIpc) is 2.28. The van der Waals surface area contributed by atoms with Crippen molar-refractivity contribution in [1.29, 1.82) is 0 Å². The molecule has 0 saturated heterocycles. The third-order valence-corrected chi connectivity index (χ3v) is 1.83. The standard InChI is InChI=1S/2C7H6F.Zn/c2*1-6-2-4-7(8)5-3-6;/h2*2-5H,1H2;/q2*-1;+2. The maximum absolute atomic E-state index is 12.1. The van der Waals surface area contributed by atoms with E-state index in [-0.39, 0.29) is 31.1 Å². The van der Waals surface area contributed by atoms with E-state index in [1.807, 2.05) is 0 Å². The maximum atomic E-state index is 12.1. The molecule has 0 atom stereocenters. The molecular formula is C14H12F2Zn. The van der Waals surface area contributed by atoms with Gasteiger partial charge in [-0.1, -0.05) is 24.3 Å². The zero-order valence-electron chi connectivity index (χ0n) is 9.50. The Morgan fingerprint density at radius 2 is 0.824 bits per heavy atom. The molecule has 0 radical (unpaired) electrons. The molecule has 0 aliphatic rings. The molecule has 0 aliphatic carbocycles. The van der Waals surface area contributed by atoms with Crippen molar-refractivity contribution in [3.05, 3.63) is 85.1 Å². The molecule has 0 amide bonds. The molecule has 0 unspecified atom stereocenters. The van der Waals surface area contributed by atoms with Crippen LogP contribution in [0.1, 0.15) is 11.1 Å². The third kappa shape index (κ3) is 6.75. The van der Waals surface area contributed by atoms with Gasteiger partial charge < -0.3 is 0 Å². The summed E-state index contributed by atoms with van der Waals surface area (Å²) in [6, 6.07) is 12.1. The first-order chi connectivity index (χ1) is 7.58. The zero-order valence-corrected chi connectivity index (χ0v) is 12.5. The summed E-state index contributed by atoms with van der Waals surface area (Å²) in [6.45, 7) is 7.19. The first kappa shape index (κ1) is 15.7. The molecule has 2 rings (SSSR count). The van der Waals surface area contributed by atoms with Crippen molar-refractivity contribution in [2.24, 2.45) is 0 Å². The van der Waals surface area contributed by atoms with E-state index in [0.29, 0.717) is 0 Å². The summed E-state index contributed by atoms with van der Waals surface area (Å²) in [5, 5.41) is 0. The van der Waals surface area contributed by atoms with Gasteiger partial charge in [-0.15, -0.1) is 0 Å². The Morgan fingerprint density at radius 1 is 0.588 bits per heavy atom. The first-order valence-electron chi connectivity index (χ1n) is 4.73. The van der Waals surface area contributed by atoms with E-state index < -0.39 is 0 Å². The van der Waals surface area contributed by atoms with Gasteiger partial charge in [0.1, 0.15) is 0 Å². The van der Waals surface area contributed by atoms with Crippen LogP contribution in [-0.2, 0) is 19.5 Å². The van der Waals surface area contributed by atoms with Gasteiger partial charge in [-0.25, -0.2) is 8.78 Å². The van der Waals surface area contributed by atoms with Gasteiger partial charge in [0.05, 0.1) is 11.6 Å². The van der Waals surface area contributed by atoms with Gasteiger partial charge in [0.15, 0.2) is 0 Å². The van der Waals surface area contributed by atoms with Gasteiger partial charge in [0, 0.05) is 0 Å². The van der Waals surface area contributed by atoms with E-state index in [1.165, 1.54) is 24.3 Å². The molecule has 84 valence electrons. The summed E-state index contributed by atoms with van der Waals surface area (Å²) >= 11 is 0. The van der Waals surface area contributed by atoms with E-state index in [0.717, 1.165) is 11.1 Å². The van der Waals surface area contributed by atoms with E-state index in [2.05, 4.69) is 13.8 Å². The van der Waals surface area contributed by atoms with Crippen molar-refractivity contribution in [2.75, 3.05) is 0 Å². The topological polar surface area (TPSA) is 0 Å². The Hall–Kier alpha value is -1.34. The number of halogens is 2. The van der Waals surface area contributed by atoms with Crippen molar-refractivity contribution in [3.8, 4) is 0 Å². The SMILES string of the molecule is [CH2-]c1ccc(F)cc1.[CH2-]c1ccc(F)cc1.[Zn+2]. The van der Waals surface area contributed by atoms with E-state index in [4.69, 9.17) is 0 Å². The van der Waals surface area contributed by atoms with Crippen molar-refractivity contribution in [1.82, 2.24) is 0 Å². The number of benzene rings is 2. The molecule has 0 N–H and O–H groups in total. The van der Waals surface area contributed by atoms with Crippen LogP contribution in [-0.4, -0.2) is 0 Å². The Balaban J connectivity index is 0.000000284. The van der Waals surface area contributed by atoms with Crippen molar-refractivity contribution >= 4 is 0 Å². The Kier molecular flexibility index (Phi) is 7.24. The quantitative estimate of drug-likeness (QED) is 0.506. The molecule has 0 aromatic heterocycles. The molecule has 0 spiro atoms. The summed E-state index contributed by atoms with van der Waals surface area (Å²) in [5.41, 5.74) is 1.68. The third-order valence-electron chi connectivity index (χ3n) is 1.83. The second-order valence-corrected chi connectivity index (χ2v) is 3.25. The van der Waals surface area contributed by atoms with Crippen LogP contribution in [0.4, 0.5) is 8.78 Å². The summed E-state index contributed by atoms with van der Waals surface area (Å²) in [6.07, 6.45) is 0. The Morgan fingerprint density at radius 3 is 1.00 bits per heavy atom. The fourth-order valence-electron chi connectivity index (χ4n) is 0.969. The summed E-state index contributed by atoms with van der Waals surface area (Å²) in [5.74, 6) is -0.421. The molecule has 0 aliphatic heterocycles. The summed E-state index contributed by atoms with van der Waals surface area (Å²) in [7, 11) is 0. The molecule has 2 aromatic carbocycles. The largest absolute Gasteiger partial charge is 2.00 e. The number of hydrogen-bond acceptors (Lipinski definition) is 0. The van der Waals surface area contributed by atoms with Crippen LogP contribution < -0.4 is 0 Å². The minimum Gasteiger partial charge on any atom is -0.209 e. The van der Waals surface area contributed by atoms with Gasteiger partial charge in [-0.2, -0.15) is 49.2 Å². The van der Waals surface area contributed by atoms with E-state index in [1.54, 1.807) is 24.3 Å². The van der Waals surface area contributed by atoms with Crippen LogP contribution in [0.3, 0.4) is 0 Å². The van der Waals surface area contributed by atoms with Gasteiger partial charge in [0.2, 0.25) is 0 Å². The zero-order chi connectivity index (χ0) is 12.0. The van der Waals surface area contributed by atoms with Gasteiger partial charge in [0.25, 0.3) is 0 Å². The number of hydrogen-bond donors (Lipinski definition) is 0. The normalized spacial score (nSPS) is 8.59. The summed E-state index contributed by atoms with van der Waals surface area (Å²) in [4.78, 5) is 0. The molecule has 0 saturated carbocycles. The molecule has 0 nitrogen and oxygen atoms in total. The second kappa shape index (κ2) is 7.86. The summed E-state index contributed by atoms with van der Waals surface area (Å²) < 4.78 is 24.1. The van der Waals surface area contributed by atoms with Crippen molar-refractivity contribution in [2.45, 2.75) is 0 Å². The van der Waals surface area contributed by atoms with Crippen molar-refractivity contribution in [3.63, 3.8) is 0 Å². The maximum Gasteiger partial charge on any atom is 2.00 e. The molecule has 3 heteroatoms. The second-order valence-electron chi connectivity index (χ2n) is 3.25. The Labute approximate surface area is 113 Å². The first-order valence-corrected chi connectivity index (χ1v) is 4.73. The fraction of sp³-hybridized carbons (Fsp3) is 0. The minimum atomic E-state index is -0.211. The van der Waals surface area contributed by atoms with Gasteiger partial charge >= 0.3 is 19.5 Å².